The highest BCUT2D eigenvalue weighted by Crippen LogP contribution is 2.15. The number of carbonyl (C=O) groups excluding carboxylic acids is 2. The minimum absolute atomic E-state index is 0.0269. The normalized spacial score (nSPS) is 11.5. The van der Waals surface area contributed by atoms with Crippen molar-refractivity contribution in [3.05, 3.63) is 42.5 Å². The lowest BCUT2D eigenvalue weighted by atomic mass is 10.0. The second kappa shape index (κ2) is 7.36. The standard InChI is InChI=1S/C15H18O4/c1-4-11(5-2)14(16)10-19-13-8-6-7-12(9-13)15(17)18-3/h4,6-9,11H,1,5,10H2,2-3H3. The van der Waals surface area contributed by atoms with Gasteiger partial charge in [-0.25, -0.2) is 4.79 Å². The molecule has 0 amide bonds. The van der Waals surface area contributed by atoms with Crippen molar-refractivity contribution in [3.8, 4) is 5.75 Å². The minimum atomic E-state index is -0.436. The van der Waals surface area contributed by atoms with Gasteiger partial charge in [-0.2, -0.15) is 0 Å². The number of allylic oxidation sites excluding steroid dienone is 1. The first-order valence-corrected chi connectivity index (χ1v) is 6.08. The number of Topliss-reactive ketones (excluding diaryl/α,β-unsaturated/α-hetero) is 1. The topological polar surface area (TPSA) is 52.6 Å². The molecule has 0 saturated carbocycles. The molecule has 0 aliphatic carbocycles. The number of carbonyl (C=O) groups is 2. The van der Waals surface area contributed by atoms with Crippen molar-refractivity contribution in [2.45, 2.75) is 13.3 Å². The Bertz CT molecular complexity index is 465. The van der Waals surface area contributed by atoms with Gasteiger partial charge in [0.15, 0.2) is 5.78 Å². The Hall–Kier alpha value is -2.10. The molecule has 1 unspecified atom stereocenters. The van der Waals surface area contributed by atoms with Crippen molar-refractivity contribution in [2.75, 3.05) is 13.7 Å². The summed E-state index contributed by atoms with van der Waals surface area (Å²) in [6, 6.07) is 6.54. The van der Waals surface area contributed by atoms with Crippen LogP contribution in [-0.2, 0) is 9.53 Å². The van der Waals surface area contributed by atoms with Gasteiger partial charge in [-0.05, 0) is 24.6 Å². The zero-order valence-corrected chi connectivity index (χ0v) is 11.2. The molecular formula is C15H18O4. The van der Waals surface area contributed by atoms with Gasteiger partial charge in [0.25, 0.3) is 0 Å². The molecule has 0 N–H and O–H groups in total. The molecule has 0 spiro atoms. The van der Waals surface area contributed by atoms with Gasteiger partial charge in [-0.15, -0.1) is 6.58 Å². The molecule has 4 nitrogen and oxygen atoms in total. The van der Waals surface area contributed by atoms with Gasteiger partial charge in [-0.1, -0.05) is 19.1 Å². The fourth-order valence-corrected chi connectivity index (χ4v) is 1.62. The third-order valence-corrected chi connectivity index (χ3v) is 2.77. The molecule has 0 fully saturated rings. The maximum absolute atomic E-state index is 11.8. The van der Waals surface area contributed by atoms with Gasteiger partial charge in [-0.3, -0.25) is 4.79 Å². The largest absolute Gasteiger partial charge is 0.486 e. The summed E-state index contributed by atoms with van der Waals surface area (Å²) in [5.74, 6) is -0.186. The maximum atomic E-state index is 11.8. The second-order valence-electron chi connectivity index (χ2n) is 4.02. The highest BCUT2D eigenvalue weighted by Gasteiger charge is 2.13. The van der Waals surface area contributed by atoms with E-state index in [1.807, 2.05) is 6.92 Å². The van der Waals surface area contributed by atoms with Crippen molar-refractivity contribution in [3.63, 3.8) is 0 Å². The van der Waals surface area contributed by atoms with Gasteiger partial charge < -0.3 is 9.47 Å². The van der Waals surface area contributed by atoms with Crippen LogP contribution >= 0.6 is 0 Å². The number of hydrogen-bond acceptors (Lipinski definition) is 4. The number of methoxy groups -OCH3 is 1. The van der Waals surface area contributed by atoms with Crippen LogP contribution in [0.1, 0.15) is 23.7 Å². The Morgan fingerprint density at radius 1 is 1.42 bits per heavy atom. The van der Waals surface area contributed by atoms with Gasteiger partial charge >= 0.3 is 5.97 Å². The van der Waals surface area contributed by atoms with Crippen LogP contribution in [-0.4, -0.2) is 25.5 Å². The molecule has 0 bridgehead atoms. The molecule has 0 aliphatic heterocycles. The molecule has 1 aromatic carbocycles. The molecule has 0 aromatic heterocycles. The minimum Gasteiger partial charge on any atom is -0.486 e. The highest BCUT2D eigenvalue weighted by molar-refractivity contribution is 5.89. The SMILES string of the molecule is C=CC(CC)C(=O)COc1cccc(C(=O)OC)c1. The fourth-order valence-electron chi connectivity index (χ4n) is 1.62. The van der Waals surface area contributed by atoms with E-state index in [0.717, 1.165) is 0 Å². The summed E-state index contributed by atoms with van der Waals surface area (Å²) in [7, 11) is 1.31. The molecule has 4 heteroatoms. The van der Waals surface area contributed by atoms with E-state index in [1.165, 1.54) is 7.11 Å². The lowest BCUT2D eigenvalue weighted by Gasteiger charge is -2.10. The zero-order chi connectivity index (χ0) is 14.3. The van der Waals surface area contributed by atoms with Crippen LogP contribution in [0, 0.1) is 5.92 Å². The van der Waals surface area contributed by atoms with Crippen molar-refractivity contribution >= 4 is 11.8 Å². The van der Waals surface area contributed by atoms with Gasteiger partial charge in [0.05, 0.1) is 12.7 Å². The summed E-state index contributed by atoms with van der Waals surface area (Å²) in [5, 5.41) is 0. The van der Waals surface area contributed by atoms with Crippen molar-refractivity contribution in [1.29, 1.82) is 0 Å². The van der Waals surface area contributed by atoms with E-state index < -0.39 is 5.97 Å². The Morgan fingerprint density at radius 3 is 2.74 bits per heavy atom. The molecule has 19 heavy (non-hydrogen) atoms. The maximum Gasteiger partial charge on any atom is 0.337 e. The summed E-state index contributed by atoms with van der Waals surface area (Å²) in [5.41, 5.74) is 0.392. The number of esters is 1. The van der Waals surface area contributed by atoms with Crippen LogP contribution in [0.2, 0.25) is 0 Å². The Labute approximate surface area is 113 Å². The quantitative estimate of drug-likeness (QED) is 0.560. The van der Waals surface area contributed by atoms with Crippen LogP contribution in [0.5, 0.6) is 5.75 Å². The first-order chi connectivity index (χ1) is 9.12. The fraction of sp³-hybridized carbons (Fsp3) is 0.333. The third kappa shape index (κ3) is 4.25. The van der Waals surface area contributed by atoms with Crippen molar-refractivity contribution in [2.24, 2.45) is 5.92 Å². The summed E-state index contributed by atoms with van der Waals surface area (Å²) in [4.78, 5) is 23.1. The van der Waals surface area contributed by atoms with Crippen LogP contribution in [0.4, 0.5) is 0 Å². The predicted octanol–water partition coefficient (Wildman–Crippen LogP) is 2.63. The smallest absolute Gasteiger partial charge is 0.337 e. The van der Waals surface area contributed by atoms with Crippen LogP contribution in [0.3, 0.4) is 0 Å². The second-order valence-corrected chi connectivity index (χ2v) is 4.02. The van der Waals surface area contributed by atoms with Gasteiger partial charge in [0, 0.05) is 5.92 Å². The lowest BCUT2D eigenvalue weighted by Crippen LogP contribution is -2.19. The van der Waals surface area contributed by atoms with Crippen LogP contribution in [0.25, 0.3) is 0 Å². The average Bonchev–Trinajstić information content (AvgIpc) is 2.45. The molecule has 1 rings (SSSR count). The molecule has 1 aromatic rings. The average molecular weight is 262 g/mol. The van der Waals surface area contributed by atoms with Crippen LogP contribution in [0.15, 0.2) is 36.9 Å². The molecule has 1 atom stereocenters. The zero-order valence-electron chi connectivity index (χ0n) is 11.2. The number of ether oxygens (including phenoxy) is 2. The van der Waals surface area contributed by atoms with E-state index >= 15 is 0 Å². The Kier molecular flexibility index (Phi) is 5.79. The molecule has 102 valence electrons. The lowest BCUT2D eigenvalue weighted by molar-refractivity contribution is -0.123. The third-order valence-electron chi connectivity index (χ3n) is 2.77. The predicted molar refractivity (Wildman–Crippen MR) is 72.3 cm³/mol. The first kappa shape index (κ1) is 15.0. The van der Waals surface area contributed by atoms with Crippen molar-refractivity contribution in [1.82, 2.24) is 0 Å². The molecule has 0 aliphatic rings. The highest BCUT2D eigenvalue weighted by atomic mass is 16.5. The number of ketones is 1. The van der Waals surface area contributed by atoms with Gasteiger partial charge in [0.1, 0.15) is 12.4 Å². The summed E-state index contributed by atoms with van der Waals surface area (Å²) in [6.07, 6.45) is 2.32. The van der Waals surface area contributed by atoms with E-state index in [4.69, 9.17) is 4.74 Å². The molecule has 0 heterocycles. The molecule has 0 saturated heterocycles. The number of hydrogen-bond donors (Lipinski definition) is 0. The van der Waals surface area contributed by atoms with E-state index in [0.29, 0.717) is 17.7 Å². The Balaban J connectivity index is 2.65. The Morgan fingerprint density at radius 2 is 2.16 bits per heavy atom. The summed E-state index contributed by atoms with van der Waals surface area (Å²) in [6.45, 7) is 5.50. The van der Waals surface area contributed by atoms with Crippen LogP contribution < -0.4 is 4.74 Å². The summed E-state index contributed by atoms with van der Waals surface area (Å²) < 4.78 is 10.00. The monoisotopic (exact) mass is 262 g/mol. The van der Waals surface area contributed by atoms with E-state index in [-0.39, 0.29) is 18.3 Å². The van der Waals surface area contributed by atoms with Crippen molar-refractivity contribution < 1.29 is 19.1 Å². The number of rotatable bonds is 7. The summed E-state index contributed by atoms with van der Waals surface area (Å²) >= 11 is 0. The first-order valence-electron chi connectivity index (χ1n) is 6.08. The molecular weight excluding hydrogens is 244 g/mol. The van der Waals surface area contributed by atoms with E-state index in [9.17, 15) is 9.59 Å². The molecule has 0 radical (unpaired) electrons. The van der Waals surface area contributed by atoms with E-state index in [1.54, 1.807) is 30.3 Å². The number of benzene rings is 1. The van der Waals surface area contributed by atoms with Gasteiger partial charge in [0.2, 0.25) is 0 Å². The van der Waals surface area contributed by atoms with E-state index in [2.05, 4.69) is 11.3 Å².